The van der Waals surface area contributed by atoms with Crippen molar-refractivity contribution in [2.45, 2.75) is 115 Å². The fraction of sp³-hybridized carbons (Fsp3) is 1.00. The molecule has 4 heteroatoms. The smallest absolute Gasteiger partial charge is 0.103 e. The quantitative estimate of drug-likeness (QED) is 0.426. The molecule has 1 aliphatic rings. The van der Waals surface area contributed by atoms with E-state index in [2.05, 4.69) is 6.92 Å². The predicted molar refractivity (Wildman–Crippen MR) is 93.5 cm³/mol. The lowest BCUT2D eigenvalue weighted by atomic mass is 10.0. The Bertz CT molecular complexity index is 272. The molecular formula is C19H38O4. The van der Waals surface area contributed by atoms with Gasteiger partial charge in [-0.1, -0.05) is 71.1 Å². The van der Waals surface area contributed by atoms with Crippen molar-refractivity contribution in [1.82, 2.24) is 0 Å². The molecule has 4 nitrogen and oxygen atoms in total. The minimum Gasteiger partial charge on any atom is -0.394 e. The van der Waals surface area contributed by atoms with Crippen LogP contribution in [0.1, 0.15) is 90.4 Å². The van der Waals surface area contributed by atoms with Gasteiger partial charge in [0.2, 0.25) is 0 Å². The number of hydrogen-bond donors (Lipinski definition) is 3. The highest BCUT2D eigenvalue weighted by Gasteiger charge is 2.33. The van der Waals surface area contributed by atoms with E-state index in [1.165, 1.54) is 57.8 Å². The van der Waals surface area contributed by atoms with Crippen LogP contribution < -0.4 is 0 Å². The summed E-state index contributed by atoms with van der Waals surface area (Å²) in [6.07, 6.45) is 13.5. The van der Waals surface area contributed by atoms with Gasteiger partial charge in [0.15, 0.2) is 0 Å². The Labute approximate surface area is 142 Å². The summed E-state index contributed by atoms with van der Waals surface area (Å²) in [6.45, 7) is 1.98. The van der Waals surface area contributed by atoms with Crippen LogP contribution in [-0.4, -0.2) is 46.3 Å². The zero-order valence-electron chi connectivity index (χ0n) is 15.0. The molecule has 1 heterocycles. The Morgan fingerprint density at radius 2 is 1.26 bits per heavy atom. The largest absolute Gasteiger partial charge is 0.394 e. The Kier molecular flexibility index (Phi) is 12.0. The lowest BCUT2D eigenvalue weighted by Crippen LogP contribution is -2.32. The molecule has 0 spiro atoms. The third-order valence-electron chi connectivity index (χ3n) is 4.98. The molecule has 0 aromatic carbocycles. The van der Waals surface area contributed by atoms with Gasteiger partial charge in [-0.05, 0) is 19.3 Å². The second-order valence-corrected chi connectivity index (χ2v) is 7.08. The van der Waals surface area contributed by atoms with Gasteiger partial charge in [-0.3, -0.25) is 0 Å². The normalized spacial score (nSPS) is 24.0. The molecule has 23 heavy (non-hydrogen) atoms. The summed E-state index contributed by atoms with van der Waals surface area (Å²) in [5.41, 5.74) is 0. The highest BCUT2D eigenvalue weighted by Crippen LogP contribution is 2.26. The summed E-state index contributed by atoms with van der Waals surface area (Å²) >= 11 is 0. The van der Waals surface area contributed by atoms with Gasteiger partial charge in [0, 0.05) is 0 Å². The van der Waals surface area contributed by atoms with Gasteiger partial charge in [-0.15, -0.1) is 0 Å². The first-order chi connectivity index (χ1) is 11.2. The Balaban J connectivity index is 1.93. The number of unbranched alkanes of at least 4 members (excludes halogenated alkanes) is 9. The van der Waals surface area contributed by atoms with Crippen molar-refractivity contribution < 1.29 is 20.1 Å². The Morgan fingerprint density at radius 1 is 0.783 bits per heavy atom. The van der Waals surface area contributed by atoms with E-state index < -0.39 is 12.2 Å². The van der Waals surface area contributed by atoms with Crippen LogP contribution in [0.2, 0.25) is 0 Å². The van der Waals surface area contributed by atoms with E-state index in [1.54, 1.807) is 0 Å². The van der Waals surface area contributed by atoms with Crippen molar-refractivity contribution >= 4 is 0 Å². The van der Waals surface area contributed by atoms with E-state index in [1.807, 2.05) is 0 Å². The molecule has 0 radical (unpaired) electrons. The fourth-order valence-electron chi connectivity index (χ4n) is 3.40. The molecule has 0 aromatic heterocycles. The summed E-state index contributed by atoms with van der Waals surface area (Å²) < 4.78 is 5.66. The van der Waals surface area contributed by atoms with Crippen LogP contribution in [0.4, 0.5) is 0 Å². The molecule has 1 saturated heterocycles. The van der Waals surface area contributed by atoms with Gasteiger partial charge in [0.05, 0.1) is 24.9 Å². The first kappa shape index (κ1) is 20.9. The predicted octanol–water partition coefficient (Wildman–Crippen LogP) is 3.56. The van der Waals surface area contributed by atoms with Crippen molar-refractivity contribution in [3.05, 3.63) is 0 Å². The van der Waals surface area contributed by atoms with Crippen LogP contribution in [0.3, 0.4) is 0 Å². The van der Waals surface area contributed by atoms with Crippen molar-refractivity contribution in [1.29, 1.82) is 0 Å². The van der Waals surface area contributed by atoms with Crippen LogP contribution in [0.5, 0.6) is 0 Å². The topological polar surface area (TPSA) is 69.9 Å². The fourth-order valence-corrected chi connectivity index (χ4v) is 3.40. The van der Waals surface area contributed by atoms with E-state index in [-0.39, 0.29) is 18.8 Å². The second-order valence-electron chi connectivity index (χ2n) is 7.08. The van der Waals surface area contributed by atoms with Crippen LogP contribution in [-0.2, 0) is 4.74 Å². The number of aliphatic hydroxyl groups is 3. The van der Waals surface area contributed by atoms with Gasteiger partial charge in [-0.2, -0.15) is 0 Å². The monoisotopic (exact) mass is 330 g/mol. The molecule has 0 unspecified atom stereocenters. The van der Waals surface area contributed by atoms with E-state index in [4.69, 9.17) is 9.84 Å². The molecule has 0 saturated carbocycles. The first-order valence-electron chi connectivity index (χ1n) is 9.81. The lowest BCUT2D eigenvalue weighted by molar-refractivity contribution is -0.0873. The lowest BCUT2D eigenvalue weighted by Gasteiger charge is -2.21. The Morgan fingerprint density at radius 3 is 1.78 bits per heavy atom. The molecule has 138 valence electrons. The third-order valence-corrected chi connectivity index (χ3v) is 4.98. The molecule has 1 fully saturated rings. The number of rotatable bonds is 14. The molecule has 0 bridgehead atoms. The maximum atomic E-state index is 10.2. The molecule has 0 amide bonds. The molecule has 0 aromatic rings. The van der Waals surface area contributed by atoms with Crippen molar-refractivity contribution in [3.63, 3.8) is 0 Å². The zero-order chi connectivity index (χ0) is 16.9. The average Bonchev–Trinajstić information content (AvgIpc) is 3.05. The molecule has 4 atom stereocenters. The molecule has 0 aliphatic carbocycles. The average molecular weight is 331 g/mol. The summed E-state index contributed by atoms with van der Waals surface area (Å²) in [5, 5.41) is 28.7. The summed E-state index contributed by atoms with van der Waals surface area (Å²) in [6, 6.07) is 0. The van der Waals surface area contributed by atoms with Gasteiger partial charge >= 0.3 is 0 Å². The van der Waals surface area contributed by atoms with Crippen molar-refractivity contribution in [2.24, 2.45) is 0 Å². The van der Waals surface area contributed by atoms with E-state index in [9.17, 15) is 10.2 Å². The van der Waals surface area contributed by atoms with Gasteiger partial charge in [0.1, 0.15) is 6.10 Å². The Hall–Kier alpha value is -0.160. The maximum absolute atomic E-state index is 10.2. The maximum Gasteiger partial charge on any atom is 0.103 e. The highest BCUT2D eigenvalue weighted by molar-refractivity contribution is 4.82. The SMILES string of the molecule is CCCCCCCCCCCC[C@@H](O)[C@H]1CC[C@H]([C@H](O)CO)O1. The number of ether oxygens (including phenoxy) is 1. The van der Waals surface area contributed by atoms with E-state index in [0.717, 1.165) is 25.7 Å². The van der Waals surface area contributed by atoms with Crippen LogP contribution in [0, 0.1) is 0 Å². The highest BCUT2D eigenvalue weighted by atomic mass is 16.5. The number of hydrogen-bond acceptors (Lipinski definition) is 4. The van der Waals surface area contributed by atoms with Gasteiger partial charge < -0.3 is 20.1 Å². The molecule has 1 aliphatic heterocycles. The molecule has 3 N–H and O–H groups in total. The van der Waals surface area contributed by atoms with E-state index >= 15 is 0 Å². The van der Waals surface area contributed by atoms with Crippen molar-refractivity contribution in [3.8, 4) is 0 Å². The van der Waals surface area contributed by atoms with Gasteiger partial charge in [0.25, 0.3) is 0 Å². The first-order valence-corrected chi connectivity index (χ1v) is 9.81. The third kappa shape index (κ3) is 9.04. The van der Waals surface area contributed by atoms with Crippen LogP contribution in [0.25, 0.3) is 0 Å². The number of aliphatic hydroxyl groups excluding tert-OH is 3. The zero-order valence-corrected chi connectivity index (χ0v) is 15.0. The molecule has 1 rings (SSSR count). The van der Waals surface area contributed by atoms with Crippen LogP contribution >= 0.6 is 0 Å². The van der Waals surface area contributed by atoms with E-state index in [0.29, 0.717) is 0 Å². The minimum absolute atomic E-state index is 0.167. The van der Waals surface area contributed by atoms with Crippen LogP contribution in [0.15, 0.2) is 0 Å². The summed E-state index contributed by atoms with van der Waals surface area (Å²) in [4.78, 5) is 0. The second kappa shape index (κ2) is 13.2. The minimum atomic E-state index is -0.815. The standard InChI is InChI=1S/C19H38O4/c1-2-3-4-5-6-7-8-9-10-11-12-16(21)18-13-14-19(23-18)17(22)15-20/h16-22H,2-15H2,1H3/t16-,17-,18-,19-/m1/s1. The summed E-state index contributed by atoms with van der Waals surface area (Å²) in [7, 11) is 0. The molecular weight excluding hydrogens is 292 g/mol. The summed E-state index contributed by atoms with van der Waals surface area (Å²) in [5.74, 6) is 0. The van der Waals surface area contributed by atoms with Gasteiger partial charge in [-0.25, -0.2) is 0 Å². The van der Waals surface area contributed by atoms with Crippen molar-refractivity contribution in [2.75, 3.05) is 6.61 Å².